The van der Waals surface area contributed by atoms with Crippen molar-refractivity contribution in [2.75, 3.05) is 13.7 Å². The van der Waals surface area contributed by atoms with Crippen molar-refractivity contribution in [1.82, 2.24) is 16.2 Å². The standard InChI is InChI=1S/C8H15N5OS2/c1-4-14-8(16)13-11-6(2)5-10-12-7(15)9-3/h5H,4H2,1-3H3,(H,13,16)(H2,9,12,15). The number of hydrogen-bond donors (Lipinski definition) is 3. The summed E-state index contributed by atoms with van der Waals surface area (Å²) in [6.45, 7) is 4.11. The van der Waals surface area contributed by atoms with Gasteiger partial charge in [-0.25, -0.2) is 5.43 Å². The van der Waals surface area contributed by atoms with Gasteiger partial charge in [0.2, 0.25) is 0 Å². The molecule has 0 saturated carbocycles. The van der Waals surface area contributed by atoms with Crippen LogP contribution in [0.15, 0.2) is 10.2 Å². The predicted octanol–water partition coefficient (Wildman–Crippen LogP) is 0.353. The van der Waals surface area contributed by atoms with E-state index in [4.69, 9.17) is 29.2 Å². The topological polar surface area (TPSA) is 70.0 Å². The van der Waals surface area contributed by atoms with Crippen LogP contribution < -0.4 is 16.2 Å². The van der Waals surface area contributed by atoms with Gasteiger partial charge in [0.25, 0.3) is 5.17 Å². The highest BCUT2D eigenvalue weighted by Crippen LogP contribution is 1.78. The minimum atomic E-state index is 0.231. The number of ether oxygens (including phenoxy) is 1. The Labute approximate surface area is 106 Å². The first-order valence-electron chi connectivity index (χ1n) is 4.58. The lowest BCUT2D eigenvalue weighted by atomic mass is 10.5. The second kappa shape index (κ2) is 8.98. The lowest BCUT2D eigenvalue weighted by Crippen LogP contribution is -2.28. The van der Waals surface area contributed by atoms with Gasteiger partial charge in [0.05, 0.1) is 18.5 Å². The molecule has 0 spiro atoms. The van der Waals surface area contributed by atoms with Gasteiger partial charge in [-0.2, -0.15) is 10.2 Å². The summed E-state index contributed by atoms with van der Waals surface area (Å²) in [4.78, 5) is 0. The highest BCUT2D eigenvalue weighted by Gasteiger charge is 1.92. The Morgan fingerprint density at radius 3 is 2.62 bits per heavy atom. The molecule has 0 rings (SSSR count). The highest BCUT2D eigenvalue weighted by atomic mass is 32.1. The number of nitrogens with one attached hydrogen (secondary N) is 3. The van der Waals surface area contributed by atoms with E-state index in [9.17, 15) is 0 Å². The molecule has 0 amide bonds. The lowest BCUT2D eigenvalue weighted by Gasteiger charge is -2.03. The summed E-state index contributed by atoms with van der Waals surface area (Å²) in [6.07, 6.45) is 1.51. The zero-order valence-electron chi connectivity index (χ0n) is 9.40. The molecule has 16 heavy (non-hydrogen) atoms. The van der Waals surface area contributed by atoms with Gasteiger partial charge in [0, 0.05) is 7.05 Å². The van der Waals surface area contributed by atoms with E-state index in [-0.39, 0.29) is 5.17 Å². The molecule has 0 fully saturated rings. The lowest BCUT2D eigenvalue weighted by molar-refractivity contribution is 0.321. The van der Waals surface area contributed by atoms with Crippen LogP contribution in [0.4, 0.5) is 0 Å². The molecule has 90 valence electrons. The molecule has 0 radical (unpaired) electrons. The van der Waals surface area contributed by atoms with E-state index in [2.05, 4.69) is 26.4 Å². The molecular formula is C8H15N5OS2. The number of hydrogen-bond acceptors (Lipinski definition) is 5. The fourth-order valence-corrected chi connectivity index (χ4v) is 0.782. The van der Waals surface area contributed by atoms with E-state index in [0.29, 0.717) is 17.4 Å². The molecule has 0 aliphatic carbocycles. The van der Waals surface area contributed by atoms with Gasteiger partial charge < -0.3 is 10.1 Å². The first-order valence-corrected chi connectivity index (χ1v) is 5.39. The van der Waals surface area contributed by atoms with E-state index in [1.165, 1.54) is 6.21 Å². The van der Waals surface area contributed by atoms with Gasteiger partial charge in [-0.1, -0.05) is 0 Å². The average Bonchev–Trinajstić information content (AvgIpc) is 2.26. The maximum atomic E-state index is 4.97. The molecule has 0 aromatic heterocycles. The molecule has 0 heterocycles. The van der Waals surface area contributed by atoms with Crippen LogP contribution in [0.5, 0.6) is 0 Å². The van der Waals surface area contributed by atoms with E-state index in [1.54, 1.807) is 14.0 Å². The van der Waals surface area contributed by atoms with Gasteiger partial charge >= 0.3 is 0 Å². The Kier molecular flexibility index (Phi) is 8.26. The van der Waals surface area contributed by atoms with Crippen LogP contribution in [0.3, 0.4) is 0 Å². The SMILES string of the molecule is CCOC(=S)NN=C(C)C=NNC(=S)NC. The van der Waals surface area contributed by atoms with Crippen molar-refractivity contribution in [2.45, 2.75) is 13.8 Å². The number of rotatable bonds is 4. The molecule has 0 saturated heterocycles. The Morgan fingerprint density at radius 2 is 2.06 bits per heavy atom. The fourth-order valence-electron chi connectivity index (χ4n) is 0.566. The first kappa shape index (κ1) is 14.7. The Morgan fingerprint density at radius 1 is 1.38 bits per heavy atom. The van der Waals surface area contributed by atoms with Gasteiger partial charge in [0.1, 0.15) is 0 Å². The van der Waals surface area contributed by atoms with Crippen molar-refractivity contribution >= 4 is 46.6 Å². The van der Waals surface area contributed by atoms with Crippen LogP contribution in [0.1, 0.15) is 13.8 Å². The summed E-state index contributed by atoms with van der Waals surface area (Å²) in [5, 5.41) is 11.1. The summed E-state index contributed by atoms with van der Waals surface area (Å²) in [6, 6.07) is 0. The second-order valence-corrected chi connectivity index (χ2v) is 3.31. The Balaban J connectivity index is 3.95. The molecule has 3 N–H and O–H groups in total. The molecule has 0 atom stereocenters. The van der Waals surface area contributed by atoms with Gasteiger partial charge in [-0.15, -0.1) is 0 Å². The van der Waals surface area contributed by atoms with Gasteiger partial charge in [-0.3, -0.25) is 5.43 Å². The molecule has 0 aliphatic heterocycles. The fraction of sp³-hybridized carbons (Fsp3) is 0.500. The van der Waals surface area contributed by atoms with E-state index in [0.717, 1.165) is 0 Å². The van der Waals surface area contributed by atoms with Crippen molar-refractivity contribution < 1.29 is 4.74 Å². The zero-order chi connectivity index (χ0) is 12.4. The van der Waals surface area contributed by atoms with Crippen LogP contribution in [-0.2, 0) is 4.74 Å². The quantitative estimate of drug-likeness (QED) is 0.385. The monoisotopic (exact) mass is 261 g/mol. The van der Waals surface area contributed by atoms with Crippen LogP contribution in [-0.4, -0.2) is 35.9 Å². The Hall–Kier alpha value is -1.28. The second-order valence-electron chi connectivity index (χ2n) is 2.53. The summed E-state index contributed by atoms with van der Waals surface area (Å²) in [5.74, 6) is 0. The third-order valence-electron chi connectivity index (χ3n) is 1.24. The number of hydrazone groups is 2. The third-order valence-corrected chi connectivity index (χ3v) is 1.75. The zero-order valence-corrected chi connectivity index (χ0v) is 11.0. The summed E-state index contributed by atoms with van der Waals surface area (Å²) in [5.41, 5.74) is 5.79. The minimum absolute atomic E-state index is 0.231. The predicted molar refractivity (Wildman–Crippen MR) is 73.8 cm³/mol. The molecule has 6 nitrogen and oxygen atoms in total. The summed E-state index contributed by atoms with van der Waals surface area (Å²) >= 11 is 9.63. The average molecular weight is 261 g/mol. The van der Waals surface area contributed by atoms with Crippen molar-refractivity contribution in [3.8, 4) is 0 Å². The van der Waals surface area contributed by atoms with Crippen molar-refractivity contribution in [3.05, 3.63) is 0 Å². The molecule has 0 bridgehead atoms. The van der Waals surface area contributed by atoms with Crippen LogP contribution in [0.2, 0.25) is 0 Å². The largest absolute Gasteiger partial charge is 0.470 e. The Bertz CT molecular complexity index is 303. The van der Waals surface area contributed by atoms with E-state index >= 15 is 0 Å². The van der Waals surface area contributed by atoms with Crippen molar-refractivity contribution in [2.24, 2.45) is 10.2 Å². The molecular weight excluding hydrogens is 246 g/mol. The van der Waals surface area contributed by atoms with Crippen molar-refractivity contribution in [3.63, 3.8) is 0 Å². The first-order chi connectivity index (χ1) is 7.60. The molecule has 0 unspecified atom stereocenters. The maximum Gasteiger partial charge on any atom is 0.277 e. The molecule has 0 aromatic carbocycles. The molecule has 0 aliphatic rings. The smallest absolute Gasteiger partial charge is 0.277 e. The molecule has 8 heteroatoms. The number of nitrogens with zero attached hydrogens (tertiary/aromatic N) is 2. The maximum absolute atomic E-state index is 4.97. The third kappa shape index (κ3) is 8.06. The molecule has 0 aromatic rings. The van der Waals surface area contributed by atoms with Crippen LogP contribution in [0, 0.1) is 0 Å². The van der Waals surface area contributed by atoms with Gasteiger partial charge in [0.15, 0.2) is 5.11 Å². The number of thiocarbonyl (C=S) groups is 2. The van der Waals surface area contributed by atoms with E-state index < -0.39 is 0 Å². The van der Waals surface area contributed by atoms with E-state index in [1.807, 2.05) is 6.92 Å². The normalized spacial score (nSPS) is 11.1. The summed E-state index contributed by atoms with van der Waals surface area (Å²) < 4.78 is 4.97. The summed E-state index contributed by atoms with van der Waals surface area (Å²) in [7, 11) is 1.70. The minimum Gasteiger partial charge on any atom is -0.470 e. The highest BCUT2D eigenvalue weighted by molar-refractivity contribution is 7.80. The van der Waals surface area contributed by atoms with Crippen molar-refractivity contribution in [1.29, 1.82) is 0 Å². The van der Waals surface area contributed by atoms with Gasteiger partial charge in [-0.05, 0) is 38.3 Å². The van der Waals surface area contributed by atoms with Crippen LogP contribution >= 0.6 is 24.4 Å². The van der Waals surface area contributed by atoms with Crippen LogP contribution in [0.25, 0.3) is 0 Å².